The van der Waals surface area contributed by atoms with Crippen LogP contribution in [0.15, 0.2) is 60.8 Å². The van der Waals surface area contributed by atoms with Gasteiger partial charge in [0, 0.05) is 11.8 Å². The number of rotatable bonds is 2. The molecule has 0 aliphatic heterocycles. The summed E-state index contributed by atoms with van der Waals surface area (Å²) in [5, 5.41) is 9.48. The number of benzene rings is 2. The molecule has 1 aromatic heterocycles. The second-order valence-corrected chi connectivity index (χ2v) is 5.39. The first-order valence-electron chi connectivity index (χ1n) is 7.22. The number of aromatic nitrogens is 1. The third kappa shape index (κ3) is 2.62. The molecule has 0 radical (unpaired) electrons. The lowest BCUT2D eigenvalue weighted by atomic mass is 9.96. The van der Waals surface area contributed by atoms with Gasteiger partial charge in [-0.25, -0.2) is 0 Å². The summed E-state index contributed by atoms with van der Waals surface area (Å²) in [5.41, 5.74) is 6.93. The summed E-state index contributed by atoms with van der Waals surface area (Å²) in [6, 6.07) is 20.3. The second kappa shape index (κ2) is 5.83. The van der Waals surface area contributed by atoms with Gasteiger partial charge in [0.05, 0.1) is 17.3 Å². The molecule has 106 valence electrons. The van der Waals surface area contributed by atoms with Crippen molar-refractivity contribution in [3.05, 3.63) is 77.5 Å². The summed E-state index contributed by atoms with van der Waals surface area (Å²) >= 11 is 0. The van der Waals surface area contributed by atoms with Crippen LogP contribution < -0.4 is 0 Å². The molecule has 0 N–H and O–H groups in total. The normalized spacial score (nSPS) is 10.2. The number of aryl methyl sites for hydroxylation is 2. The van der Waals surface area contributed by atoms with Crippen LogP contribution in [0.5, 0.6) is 0 Å². The highest BCUT2D eigenvalue weighted by Crippen LogP contribution is 2.28. The van der Waals surface area contributed by atoms with Crippen LogP contribution in [0.25, 0.3) is 22.4 Å². The Morgan fingerprint density at radius 1 is 0.864 bits per heavy atom. The number of hydrogen-bond donors (Lipinski definition) is 0. The fourth-order valence-corrected chi connectivity index (χ4v) is 2.45. The second-order valence-electron chi connectivity index (χ2n) is 5.39. The molecule has 2 nitrogen and oxygen atoms in total. The molecule has 0 unspecified atom stereocenters. The maximum atomic E-state index is 9.48. The maximum absolute atomic E-state index is 9.48. The van der Waals surface area contributed by atoms with Crippen molar-refractivity contribution < 1.29 is 0 Å². The van der Waals surface area contributed by atoms with Crippen molar-refractivity contribution in [2.75, 3.05) is 0 Å². The van der Waals surface area contributed by atoms with Crippen LogP contribution in [0.1, 0.15) is 16.7 Å². The number of nitrogens with zero attached hydrogens (tertiary/aromatic N) is 2. The molecule has 2 aromatic carbocycles. The first-order chi connectivity index (χ1) is 10.7. The Hall–Kier alpha value is -2.92. The Kier molecular flexibility index (Phi) is 3.72. The smallest absolute Gasteiger partial charge is 0.0998 e. The standard InChI is InChI=1S/C20H16N2/c1-14-10-20(22-13-15(14)2)17-8-9-19(18(11-17)12-21)16-6-4-3-5-7-16/h3-11,13H,1-2H3. The van der Waals surface area contributed by atoms with Gasteiger partial charge in [-0.3, -0.25) is 4.98 Å². The van der Waals surface area contributed by atoms with Crippen LogP contribution in [-0.2, 0) is 0 Å². The van der Waals surface area contributed by atoms with Crippen LogP contribution in [0.3, 0.4) is 0 Å². The third-order valence-electron chi connectivity index (χ3n) is 3.89. The Labute approximate surface area is 130 Å². The number of pyridine rings is 1. The molecule has 22 heavy (non-hydrogen) atoms. The molecule has 0 saturated carbocycles. The summed E-state index contributed by atoms with van der Waals surface area (Å²) < 4.78 is 0. The third-order valence-corrected chi connectivity index (χ3v) is 3.89. The lowest BCUT2D eigenvalue weighted by molar-refractivity contribution is 1.22. The fourth-order valence-electron chi connectivity index (χ4n) is 2.45. The van der Waals surface area contributed by atoms with Crippen LogP contribution in [-0.4, -0.2) is 4.98 Å². The van der Waals surface area contributed by atoms with Crippen molar-refractivity contribution >= 4 is 0 Å². The number of nitriles is 1. The molecule has 0 atom stereocenters. The Morgan fingerprint density at radius 3 is 2.32 bits per heavy atom. The maximum Gasteiger partial charge on any atom is 0.0998 e. The molecule has 0 bridgehead atoms. The first-order valence-corrected chi connectivity index (χ1v) is 7.22. The molecular weight excluding hydrogens is 268 g/mol. The van der Waals surface area contributed by atoms with Gasteiger partial charge in [-0.15, -0.1) is 0 Å². The van der Waals surface area contributed by atoms with Crippen molar-refractivity contribution in [1.82, 2.24) is 4.98 Å². The Balaban J connectivity index is 2.09. The molecule has 0 fully saturated rings. The van der Waals surface area contributed by atoms with Crippen LogP contribution in [0.2, 0.25) is 0 Å². The molecule has 3 aromatic rings. The van der Waals surface area contributed by atoms with E-state index >= 15 is 0 Å². The van der Waals surface area contributed by atoms with Gasteiger partial charge in [0.25, 0.3) is 0 Å². The van der Waals surface area contributed by atoms with E-state index in [9.17, 15) is 5.26 Å². The lowest BCUT2D eigenvalue weighted by Crippen LogP contribution is -1.91. The Bertz CT molecular complexity index is 859. The van der Waals surface area contributed by atoms with E-state index in [1.54, 1.807) is 0 Å². The van der Waals surface area contributed by atoms with Gasteiger partial charge in [0.1, 0.15) is 0 Å². The van der Waals surface area contributed by atoms with Gasteiger partial charge in [0.15, 0.2) is 0 Å². The largest absolute Gasteiger partial charge is 0.256 e. The molecule has 2 heteroatoms. The zero-order chi connectivity index (χ0) is 15.5. The average Bonchev–Trinajstić information content (AvgIpc) is 2.57. The van der Waals surface area contributed by atoms with Crippen LogP contribution in [0.4, 0.5) is 0 Å². The van der Waals surface area contributed by atoms with E-state index in [2.05, 4.69) is 24.0 Å². The molecular formula is C20H16N2. The molecule has 0 amide bonds. The Morgan fingerprint density at radius 2 is 1.64 bits per heavy atom. The van der Waals surface area contributed by atoms with Gasteiger partial charge >= 0.3 is 0 Å². The molecule has 1 heterocycles. The van der Waals surface area contributed by atoms with Crippen molar-refractivity contribution in [1.29, 1.82) is 5.26 Å². The van der Waals surface area contributed by atoms with Crippen LogP contribution >= 0.6 is 0 Å². The first kappa shape index (κ1) is 14.0. The molecule has 0 spiro atoms. The quantitative estimate of drug-likeness (QED) is 0.670. The van der Waals surface area contributed by atoms with Crippen molar-refractivity contribution in [3.63, 3.8) is 0 Å². The molecule has 0 saturated heterocycles. The monoisotopic (exact) mass is 284 g/mol. The van der Waals surface area contributed by atoms with Gasteiger partial charge in [-0.1, -0.05) is 42.5 Å². The highest BCUT2D eigenvalue weighted by atomic mass is 14.7. The summed E-state index contributed by atoms with van der Waals surface area (Å²) in [7, 11) is 0. The lowest BCUT2D eigenvalue weighted by Gasteiger charge is -2.08. The topological polar surface area (TPSA) is 36.7 Å². The predicted molar refractivity (Wildman–Crippen MR) is 89.3 cm³/mol. The van der Waals surface area contributed by atoms with E-state index in [0.717, 1.165) is 22.4 Å². The predicted octanol–water partition coefficient (Wildman–Crippen LogP) is 4.90. The fraction of sp³-hybridized carbons (Fsp3) is 0.100. The van der Waals surface area contributed by atoms with Crippen LogP contribution in [0, 0.1) is 25.2 Å². The molecule has 0 aliphatic carbocycles. The molecule has 0 aliphatic rings. The van der Waals surface area contributed by atoms with Crippen molar-refractivity contribution in [3.8, 4) is 28.5 Å². The summed E-state index contributed by atoms with van der Waals surface area (Å²) in [4.78, 5) is 4.48. The van der Waals surface area contributed by atoms with E-state index in [4.69, 9.17) is 0 Å². The van der Waals surface area contributed by atoms with Gasteiger partial charge in [-0.05, 0) is 48.2 Å². The minimum Gasteiger partial charge on any atom is -0.256 e. The minimum atomic E-state index is 0.670. The zero-order valence-corrected chi connectivity index (χ0v) is 12.7. The summed E-state index contributed by atoms with van der Waals surface area (Å²) in [6.45, 7) is 4.12. The highest BCUT2D eigenvalue weighted by Gasteiger charge is 2.08. The van der Waals surface area contributed by atoms with E-state index in [0.29, 0.717) is 5.56 Å². The summed E-state index contributed by atoms with van der Waals surface area (Å²) in [5.74, 6) is 0. The highest BCUT2D eigenvalue weighted by molar-refractivity contribution is 5.75. The van der Waals surface area contributed by atoms with E-state index in [1.807, 2.05) is 61.7 Å². The van der Waals surface area contributed by atoms with E-state index < -0.39 is 0 Å². The number of hydrogen-bond acceptors (Lipinski definition) is 2. The van der Waals surface area contributed by atoms with Gasteiger partial charge < -0.3 is 0 Å². The average molecular weight is 284 g/mol. The van der Waals surface area contributed by atoms with Gasteiger partial charge in [-0.2, -0.15) is 5.26 Å². The zero-order valence-electron chi connectivity index (χ0n) is 12.7. The van der Waals surface area contributed by atoms with Crippen molar-refractivity contribution in [2.24, 2.45) is 0 Å². The van der Waals surface area contributed by atoms with Crippen molar-refractivity contribution in [2.45, 2.75) is 13.8 Å². The summed E-state index contributed by atoms with van der Waals surface area (Å²) in [6.07, 6.45) is 1.88. The SMILES string of the molecule is Cc1cnc(-c2ccc(-c3ccccc3)c(C#N)c2)cc1C. The van der Waals surface area contributed by atoms with E-state index in [1.165, 1.54) is 11.1 Å². The van der Waals surface area contributed by atoms with E-state index in [-0.39, 0.29) is 0 Å². The minimum absolute atomic E-state index is 0.670. The molecule has 3 rings (SSSR count). The van der Waals surface area contributed by atoms with Gasteiger partial charge in [0.2, 0.25) is 0 Å².